The lowest BCUT2D eigenvalue weighted by Crippen LogP contribution is -2.19. The van der Waals surface area contributed by atoms with Crippen molar-refractivity contribution in [1.29, 1.82) is 0 Å². The summed E-state index contributed by atoms with van der Waals surface area (Å²) in [5.74, 6) is 1.83. The number of hydrogen-bond donors (Lipinski definition) is 2. The Morgan fingerprint density at radius 2 is 2.14 bits per heavy atom. The summed E-state index contributed by atoms with van der Waals surface area (Å²) in [6, 6.07) is 5.99. The van der Waals surface area contributed by atoms with Gasteiger partial charge in [0.05, 0.1) is 19.3 Å². The first-order valence-electron chi connectivity index (χ1n) is 6.72. The van der Waals surface area contributed by atoms with Crippen LogP contribution in [0.15, 0.2) is 27.1 Å². The quantitative estimate of drug-likeness (QED) is 0.794. The lowest BCUT2D eigenvalue weighted by atomic mass is 10.2. The number of nitrogens with one attached hydrogen (secondary N) is 2. The van der Waals surface area contributed by atoms with Crippen LogP contribution in [0.2, 0.25) is 0 Å². The molecule has 1 aromatic heterocycles. The van der Waals surface area contributed by atoms with Gasteiger partial charge in [0.1, 0.15) is 5.75 Å². The third-order valence-corrected chi connectivity index (χ3v) is 3.19. The number of ether oxygens (including phenoxy) is 1. The van der Waals surface area contributed by atoms with Gasteiger partial charge in [0, 0.05) is 4.47 Å². The minimum Gasteiger partial charge on any atom is -0.495 e. The molecule has 0 amide bonds. The molecule has 0 saturated heterocycles. The average molecular weight is 355 g/mol. The molecule has 2 N–H and O–H groups in total. The standard InChI is InChI=1S/C14H19BrN4O2/c1-9(2)7-16-8-13-18-19-14(21-13)17-11-6-10(15)4-5-12(11)20-3/h4-6,9,16H,7-8H2,1-3H3,(H,17,19). The van der Waals surface area contributed by atoms with Crippen LogP contribution < -0.4 is 15.4 Å². The van der Waals surface area contributed by atoms with Crippen LogP contribution in [0.25, 0.3) is 0 Å². The number of anilines is 2. The molecule has 114 valence electrons. The Morgan fingerprint density at radius 3 is 2.86 bits per heavy atom. The maximum atomic E-state index is 5.54. The van der Waals surface area contributed by atoms with Gasteiger partial charge in [-0.2, -0.15) is 0 Å². The molecule has 2 aromatic rings. The van der Waals surface area contributed by atoms with Gasteiger partial charge < -0.3 is 19.8 Å². The third-order valence-electron chi connectivity index (χ3n) is 2.70. The van der Waals surface area contributed by atoms with Crippen molar-refractivity contribution in [2.45, 2.75) is 20.4 Å². The Bertz CT molecular complexity index is 586. The van der Waals surface area contributed by atoms with Crippen LogP contribution in [0.3, 0.4) is 0 Å². The predicted molar refractivity (Wildman–Crippen MR) is 84.8 cm³/mol. The van der Waals surface area contributed by atoms with E-state index in [-0.39, 0.29) is 0 Å². The minimum absolute atomic E-state index is 0.341. The van der Waals surface area contributed by atoms with Crippen LogP contribution in [-0.4, -0.2) is 23.9 Å². The molecule has 0 saturated carbocycles. The topological polar surface area (TPSA) is 72.2 Å². The number of methoxy groups -OCH3 is 1. The molecule has 7 heteroatoms. The molecule has 0 bridgehead atoms. The van der Waals surface area contributed by atoms with Gasteiger partial charge in [-0.15, -0.1) is 5.10 Å². The van der Waals surface area contributed by atoms with Crippen molar-refractivity contribution in [3.8, 4) is 5.75 Å². The second-order valence-electron chi connectivity index (χ2n) is 5.00. The fraction of sp³-hybridized carbons (Fsp3) is 0.429. The van der Waals surface area contributed by atoms with E-state index in [1.165, 1.54) is 0 Å². The zero-order valence-electron chi connectivity index (χ0n) is 12.3. The van der Waals surface area contributed by atoms with Crippen molar-refractivity contribution in [2.75, 3.05) is 19.0 Å². The molecule has 0 aliphatic rings. The Morgan fingerprint density at radius 1 is 1.33 bits per heavy atom. The average Bonchev–Trinajstić information content (AvgIpc) is 2.86. The number of rotatable bonds is 7. The number of nitrogens with zero attached hydrogens (tertiary/aromatic N) is 2. The lowest BCUT2D eigenvalue weighted by Gasteiger charge is -2.08. The molecule has 0 radical (unpaired) electrons. The minimum atomic E-state index is 0.341. The molecular weight excluding hydrogens is 336 g/mol. The van der Waals surface area contributed by atoms with E-state index < -0.39 is 0 Å². The van der Waals surface area contributed by atoms with Gasteiger partial charge in [0.15, 0.2) is 0 Å². The summed E-state index contributed by atoms with van der Waals surface area (Å²) in [6.07, 6.45) is 0. The van der Waals surface area contributed by atoms with Crippen LogP contribution in [-0.2, 0) is 6.54 Å². The maximum Gasteiger partial charge on any atom is 0.320 e. The molecule has 1 aromatic carbocycles. The summed E-state index contributed by atoms with van der Waals surface area (Å²) in [6.45, 7) is 5.76. The molecule has 0 spiro atoms. The number of aromatic nitrogens is 2. The molecule has 21 heavy (non-hydrogen) atoms. The van der Waals surface area contributed by atoms with Crippen molar-refractivity contribution in [3.05, 3.63) is 28.6 Å². The molecule has 0 aliphatic carbocycles. The van der Waals surface area contributed by atoms with Gasteiger partial charge >= 0.3 is 6.01 Å². The smallest absolute Gasteiger partial charge is 0.320 e. The molecular formula is C14H19BrN4O2. The van der Waals surface area contributed by atoms with Crippen LogP contribution in [0, 0.1) is 5.92 Å². The summed E-state index contributed by atoms with van der Waals surface area (Å²) < 4.78 is 11.8. The normalized spacial score (nSPS) is 10.9. The number of halogens is 1. The maximum absolute atomic E-state index is 5.54. The van der Waals surface area contributed by atoms with Crippen molar-refractivity contribution in [3.63, 3.8) is 0 Å². The summed E-state index contributed by atoms with van der Waals surface area (Å²) in [5, 5.41) is 14.3. The molecule has 0 fully saturated rings. The largest absolute Gasteiger partial charge is 0.495 e. The lowest BCUT2D eigenvalue weighted by molar-refractivity contribution is 0.416. The monoisotopic (exact) mass is 354 g/mol. The molecule has 0 aliphatic heterocycles. The molecule has 2 rings (SSSR count). The zero-order chi connectivity index (χ0) is 15.2. The first-order chi connectivity index (χ1) is 10.1. The van der Waals surface area contributed by atoms with Crippen LogP contribution >= 0.6 is 15.9 Å². The van der Waals surface area contributed by atoms with Gasteiger partial charge in [-0.3, -0.25) is 0 Å². The van der Waals surface area contributed by atoms with Gasteiger partial charge in [0.2, 0.25) is 5.89 Å². The molecule has 6 nitrogen and oxygen atoms in total. The highest BCUT2D eigenvalue weighted by Crippen LogP contribution is 2.30. The second-order valence-corrected chi connectivity index (χ2v) is 5.91. The van der Waals surface area contributed by atoms with E-state index in [9.17, 15) is 0 Å². The second kappa shape index (κ2) is 7.42. The molecule has 0 atom stereocenters. The van der Waals surface area contributed by atoms with Gasteiger partial charge in [-0.05, 0) is 30.7 Å². The molecule has 1 heterocycles. The van der Waals surface area contributed by atoms with E-state index in [4.69, 9.17) is 9.15 Å². The summed E-state index contributed by atoms with van der Waals surface area (Å²) in [4.78, 5) is 0. The highest BCUT2D eigenvalue weighted by molar-refractivity contribution is 9.10. The fourth-order valence-electron chi connectivity index (χ4n) is 1.74. The van der Waals surface area contributed by atoms with E-state index in [1.54, 1.807) is 7.11 Å². The number of hydrogen-bond acceptors (Lipinski definition) is 6. The van der Waals surface area contributed by atoms with Crippen molar-refractivity contribution in [1.82, 2.24) is 15.5 Å². The number of benzene rings is 1. The van der Waals surface area contributed by atoms with Crippen molar-refractivity contribution in [2.24, 2.45) is 5.92 Å². The summed E-state index contributed by atoms with van der Waals surface area (Å²) in [5.41, 5.74) is 0.761. The highest BCUT2D eigenvalue weighted by Gasteiger charge is 2.10. The van der Waals surface area contributed by atoms with Crippen molar-refractivity contribution >= 4 is 27.6 Å². The van der Waals surface area contributed by atoms with Crippen LogP contribution in [0.4, 0.5) is 11.7 Å². The van der Waals surface area contributed by atoms with Gasteiger partial charge in [0.25, 0.3) is 0 Å². The van der Waals surface area contributed by atoms with E-state index in [2.05, 4.69) is 50.6 Å². The summed E-state index contributed by atoms with van der Waals surface area (Å²) >= 11 is 3.42. The summed E-state index contributed by atoms with van der Waals surface area (Å²) in [7, 11) is 1.61. The first kappa shape index (κ1) is 15.8. The van der Waals surface area contributed by atoms with Crippen LogP contribution in [0.5, 0.6) is 5.75 Å². The SMILES string of the molecule is COc1ccc(Br)cc1Nc1nnc(CNCC(C)C)o1. The van der Waals surface area contributed by atoms with E-state index in [0.29, 0.717) is 30.1 Å². The van der Waals surface area contributed by atoms with Gasteiger partial charge in [-0.1, -0.05) is 34.9 Å². The first-order valence-corrected chi connectivity index (χ1v) is 7.51. The Kier molecular flexibility index (Phi) is 5.58. The van der Waals surface area contributed by atoms with E-state index >= 15 is 0 Å². The Hall–Kier alpha value is -1.60. The van der Waals surface area contributed by atoms with E-state index in [0.717, 1.165) is 16.7 Å². The Balaban J connectivity index is 2.00. The Labute approximate surface area is 132 Å². The zero-order valence-corrected chi connectivity index (χ0v) is 13.9. The van der Waals surface area contributed by atoms with Gasteiger partial charge in [-0.25, -0.2) is 0 Å². The molecule has 0 unspecified atom stereocenters. The van der Waals surface area contributed by atoms with Crippen molar-refractivity contribution < 1.29 is 9.15 Å². The van der Waals surface area contributed by atoms with Crippen LogP contribution in [0.1, 0.15) is 19.7 Å². The van der Waals surface area contributed by atoms with E-state index in [1.807, 2.05) is 18.2 Å². The highest BCUT2D eigenvalue weighted by atomic mass is 79.9. The predicted octanol–water partition coefficient (Wildman–Crippen LogP) is 3.33. The fourth-order valence-corrected chi connectivity index (χ4v) is 2.10. The third kappa shape index (κ3) is 4.71.